The molecule has 2 amide bonds. The van der Waals surface area contributed by atoms with Gasteiger partial charge in [0.2, 0.25) is 5.91 Å². The lowest BCUT2D eigenvalue weighted by atomic mass is 10.2. The largest absolute Gasteiger partial charge is 0.469 e. The predicted molar refractivity (Wildman–Crippen MR) is 74.5 cm³/mol. The van der Waals surface area contributed by atoms with E-state index in [9.17, 15) is 14.4 Å². The fourth-order valence-electron chi connectivity index (χ4n) is 1.76. The van der Waals surface area contributed by atoms with E-state index in [0.717, 1.165) is 0 Å². The number of amides is 2. The fourth-order valence-corrected chi connectivity index (χ4v) is 1.76. The highest BCUT2D eigenvalue weighted by Gasteiger charge is 2.22. The van der Waals surface area contributed by atoms with Gasteiger partial charge in [0.1, 0.15) is 6.04 Å². The van der Waals surface area contributed by atoms with E-state index in [4.69, 9.17) is 4.42 Å². The average Bonchev–Trinajstić information content (AvgIpc) is 3.01. The van der Waals surface area contributed by atoms with Crippen LogP contribution >= 0.6 is 0 Å². The Morgan fingerprint density at radius 2 is 2.14 bits per heavy atom. The number of likely N-dealkylation sites (N-methyl/N-ethyl adjacent to an activating group) is 1. The van der Waals surface area contributed by atoms with Gasteiger partial charge in [0.15, 0.2) is 5.76 Å². The minimum Gasteiger partial charge on any atom is -0.469 e. The van der Waals surface area contributed by atoms with Crippen molar-refractivity contribution < 1.29 is 23.5 Å². The van der Waals surface area contributed by atoms with Crippen molar-refractivity contribution in [3.8, 4) is 0 Å². The van der Waals surface area contributed by atoms with Crippen LogP contribution in [0.5, 0.6) is 0 Å². The van der Waals surface area contributed by atoms with E-state index in [1.54, 1.807) is 19.9 Å². The summed E-state index contributed by atoms with van der Waals surface area (Å²) in [5.41, 5.74) is 0. The van der Waals surface area contributed by atoms with Crippen LogP contribution in [0.2, 0.25) is 0 Å². The molecule has 7 heteroatoms. The maximum atomic E-state index is 12.2. The van der Waals surface area contributed by atoms with Gasteiger partial charge in [0, 0.05) is 13.1 Å². The summed E-state index contributed by atoms with van der Waals surface area (Å²) in [7, 11) is 1.30. The van der Waals surface area contributed by atoms with Gasteiger partial charge in [-0.3, -0.25) is 14.4 Å². The first-order chi connectivity index (χ1) is 9.99. The Balaban J connectivity index is 2.54. The molecule has 1 unspecified atom stereocenters. The van der Waals surface area contributed by atoms with Crippen LogP contribution in [0.3, 0.4) is 0 Å². The van der Waals surface area contributed by atoms with E-state index >= 15 is 0 Å². The quantitative estimate of drug-likeness (QED) is 0.752. The number of esters is 1. The van der Waals surface area contributed by atoms with Crippen molar-refractivity contribution >= 4 is 17.8 Å². The highest BCUT2D eigenvalue weighted by Crippen LogP contribution is 2.02. The second kappa shape index (κ2) is 8.08. The van der Waals surface area contributed by atoms with E-state index < -0.39 is 11.9 Å². The van der Waals surface area contributed by atoms with Crippen molar-refractivity contribution in [2.24, 2.45) is 0 Å². The van der Waals surface area contributed by atoms with E-state index in [1.165, 1.54) is 24.3 Å². The van der Waals surface area contributed by atoms with Crippen molar-refractivity contribution in [2.45, 2.75) is 26.3 Å². The van der Waals surface area contributed by atoms with Crippen LogP contribution in [-0.2, 0) is 14.3 Å². The first kappa shape index (κ1) is 16.7. The molecule has 0 aromatic carbocycles. The first-order valence-corrected chi connectivity index (χ1v) is 6.69. The Morgan fingerprint density at radius 3 is 2.67 bits per heavy atom. The Hall–Kier alpha value is -2.31. The highest BCUT2D eigenvalue weighted by atomic mass is 16.5. The Labute approximate surface area is 123 Å². The van der Waals surface area contributed by atoms with E-state index in [-0.39, 0.29) is 30.6 Å². The van der Waals surface area contributed by atoms with Gasteiger partial charge in [-0.25, -0.2) is 0 Å². The number of carbonyl (C=O) groups excluding carboxylic acids is 3. The summed E-state index contributed by atoms with van der Waals surface area (Å²) >= 11 is 0. The second-order valence-corrected chi connectivity index (χ2v) is 4.42. The molecule has 0 radical (unpaired) electrons. The van der Waals surface area contributed by atoms with Gasteiger partial charge < -0.3 is 19.4 Å². The van der Waals surface area contributed by atoms with Gasteiger partial charge in [-0.05, 0) is 26.0 Å². The zero-order valence-corrected chi connectivity index (χ0v) is 12.4. The molecule has 0 aliphatic carbocycles. The number of furan rings is 1. The molecule has 0 aliphatic rings. The number of carbonyl (C=O) groups is 3. The SMILES string of the molecule is CCN(CCC(=O)OC)C(=O)C(C)NC(=O)c1ccco1. The van der Waals surface area contributed by atoms with E-state index in [0.29, 0.717) is 6.54 Å². The van der Waals surface area contributed by atoms with Crippen molar-refractivity contribution in [1.29, 1.82) is 0 Å². The van der Waals surface area contributed by atoms with Crippen LogP contribution in [0.25, 0.3) is 0 Å². The Morgan fingerprint density at radius 1 is 1.43 bits per heavy atom. The summed E-state index contributed by atoms with van der Waals surface area (Å²) in [6, 6.07) is 2.40. The molecule has 1 heterocycles. The Kier molecular flexibility index (Phi) is 6.45. The molecule has 1 aromatic rings. The Bertz CT molecular complexity index is 484. The zero-order valence-electron chi connectivity index (χ0n) is 12.4. The van der Waals surface area contributed by atoms with Crippen LogP contribution in [-0.4, -0.2) is 48.9 Å². The van der Waals surface area contributed by atoms with Crippen LogP contribution < -0.4 is 5.32 Å². The normalized spacial score (nSPS) is 11.6. The summed E-state index contributed by atoms with van der Waals surface area (Å²) in [6.45, 7) is 4.08. The third-order valence-corrected chi connectivity index (χ3v) is 2.97. The minimum absolute atomic E-state index is 0.120. The number of hydrogen-bond donors (Lipinski definition) is 1. The molecule has 0 bridgehead atoms. The third-order valence-electron chi connectivity index (χ3n) is 2.97. The average molecular weight is 296 g/mol. The monoisotopic (exact) mass is 296 g/mol. The summed E-state index contributed by atoms with van der Waals surface area (Å²) in [5.74, 6) is -0.952. The summed E-state index contributed by atoms with van der Waals surface area (Å²) in [4.78, 5) is 36.6. The lowest BCUT2D eigenvalue weighted by molar-refractivity contribution is -0.142. The van der Waals surface area contributed by atoms with E-state index in [2.05, 4.69) is 10.1 Å². The number of nitrogens with one attached hydrogen (secondary N) is 1. The van der Waals surface area contributed by atoms with Crippen molar-refractivity contribution in [2.75, 3.05) is 20.2 Å². The standard InChI is InChI=1S/C14H20N2O5/c1-4-16(8-7-12(17)20-3)14(19)10(2)15-13(18)11-6-5-9-21-11/h5-6,9-10H,4,7-8H2,1-3H3,(H,15,18). The molecule has 0 saturated carbocycles. The molecule has 0 aliphatic heterocycles. The molecule has 21 heavy (non-hydrogen) atoms. The molecule has 1 atom stereocenters. The number of methoxy groups -OCH3 is 1. The molecule has 1 rings (SSSR count). The maximum absolute atomic E-state index is 12.2. The summed E-state index contributed by atoms with van der Waals surface area (Å²) < 4.78 is 9.50. The van der Waals surface area contributed by atoms with Crippen LogP contribution in [0.1, 0.15) is 30.8 Å². The number of ether oxygens (including phenoxy) is 1. The number of rotatable bonds is 7. The number of hydrogen-bond acceptors (Lipinski definition) is 5. The van der Waals surface area contributed by atoms with Crippen molar-refractivity contribution in [1.82, 2.24) is 10.2 Å². The van der Waals surface area contributed by atoms with Crippen LogP contribution in [0.4, 0.5) is 0 Å². The highest BCUT2D eigenvalue weighted by molar-refractivity contribution is 5.95. The molecular weight excluding hydrogens is 276 g/mol. The minimum atomic E-state index is -0.708. The topological polar surface area (TPSA) is 88.9 Å². The van der Waals surface area contributed by atoms with E-state index in [1.807, 2.05) is 0 Å². The van der Waals surface area contributed by atoms with Gasteiger partial charge in [-0.15, -0.1) is 0 Å². The molecule has 116 valence electrons. The molecule has 1 N–H and O–H groups in total. The molecule has 0 spiro atoms. The lowest BCUT2D eigenvalue weighted by Crippen LogP contribution is -2.47. The molecule has 7 nitrogen and oxygen atoms in total. The van der Waals surface area contributed by atoms with Gasteiger partial charge in [-0.1, -0.05) is 0 Å². The second-order valence-electron chi connectivity index (χ2n) is 4.42. The van der Waals surface area contributed by atoms with Crippen LogP contribution in [0, 0.1) is 0 Å². The molecule has 0 saturated heterocycles. The fraction of sp³-hybridized carbons (Fsp3) is 0.500. The summed E-state index contributed by atoms with van der Waals surface area (Å²) in [6.07, 6.45) is 1.50. The van der Waals surface area contributed by atoms with Crippen molar-refractivity contribution in [3.63, 3.8) is 0 Å². The van der Waals surface area contributed by atoms with Gasteiger partial charge >= 0.3 is 5.97 Å². The van der Waals surface area contributed by atoms with Crippen LogP contribution in [0.15, 0.2) is 22.8 Å². The van der Waals surface area contributed by atoms with Gasteiger partial charge in [0.05, 0.1) is 19.8 Å². The van der Waals surface area contributed by atoms with Gasteiger partial charge in [0.25, 0.3) is 5.91 Å². The lowest BCUT2D eigenvalue weighted by Gasteiger charge is -2.24. The molecule has 1 aromatic heterocycles. The van der Waals surface area contributed by atoms with Gasteiger partial charge in [-0.2, -0.15) is 0 Å². The summed E-state index contributed by atoms with van der Waals surface area (Å²) in [5, 5.41) is 2.56. The third kappa shape index (κ3) is 4.94. The number of nitrogens with zero attached hydrogens (tertiary/aromatic N) is 1. The predicted octanol–water partition coefficient (Wildman–Crippen LogP) is 0.810. The zero-order chi connectivity index (χ0) is 15.8. The van der Waals surface area contributed by atoms with Crippen molar-refractivity contribution in [3.05, 3.63) is 24.2 Å². The molecular formula is C14H20N2O5. The smallest absolute Gasteiger partial charge is 0.307 e. The maximum Gasteiger partial charge on any atom is 0.307 e. The first-order valence-electron chi connectivity index (χ1n) is 6.69. The molecule has 0 fully saturated rings.